The predicted molar refractivity (Wildman–Crippen MR) is 44.6 cm³/mol. The zero-order valence-corrected chi connectivity index (χ0v) is 6.41. The van der Waals surface area contributed by atoms with Gasteiger partial charge in [-0.25, -0.2) is 0 Å². The summed E-state index contributed by atoms with van der Waals surface area (Å²) in [5.41, 5.74) is 1.32. The molecule has 12 heavy (non-hydrogen) atoms. The highest BCUT2D eigenvalue weighted by Gasteiger charge is 1.94. The minimum absolute atomic E-state index is 0.162. The molecule has 1 N–H and O–H groups in total. The molecule has 1 heterocycles. The molecule has 0 aliphatic carbocycles. The van der Waals surface area contributed by atoms with Crippen LogP contribution in [0.5, 0.6) is 0 Å². The van der Waals surface area contributed by atoms with Gasteiger partial charge in [0.2, 0.25) is 0 Å². The summed E-state index contributed by atoms with van der Waals surface area (Å²) in [5.74, 6) is 0. The number of nitrogens with one attached hydrogen (secondary N) is 1. The summed E-state index contributed by atoms with van der Waals surface area (Å²) >= 11 is 0. The molecule has 0 unspecified atom stereocenters. The number of nitrogens with zero attached hydrogens (tertiary/aromatic N) is 2. The Morgan fingerprint density at radius 2 is 2.42 bits per heavy atom. The Labute approximate surface area is 70.6 Å². The minimum atomic E-state index is 0.162. The van der Waals surface area contributed by atoms with E-state index in [9.17, 15) is 0 Å². The van der Waals surface area contributed by atoms with Gasteiger partial charge < -0.3 is 4.98 Å². The maximum absolute atomic E-state index is 8.57. The molecule has 0 atom stereocenters. The molecule has 0 aliphatic heterocycles. The van der Waals surface area contributed by atoms with Crippen molar-refractivity contribution in [1.82, 2.24) is 4.98 Å². The normalized spacial score (nSPS) is 10.3. The monoisotopic (exact) mass is 157 g/mol. The van der Waals surface area contributed by atoms with E-state index >= 15 is 0 Å². The van der Waals surface area contributed by atoms with Crippen molar-refractivity contribution in [1.29, 1.82) is 10.5 Å². The van der Waals surface area contributed by atoms with Crippen LogP contribution in [0.2, 0.25) is 0 Å². The van der Waals surface area contributed by atoms with Gasteiger partial charge in [0.25, 0.3) is 0 Å². The van der Waals surface area contributed by atoms with Gasteiger partial charge in [-0.1, -0.05) is 0 Å². The van der Waals surface area contributed by atoms with Gasteiger partial charge in [0.1, 0.15) is 0 Å². The standard InChI is InChI=1S/C9H7N3/c10-4-3-8(7-11)6-9-2-1-5-12-9/h1-2,5-6,12H,3H2/b8-6+. The number of hydrogen-bond donors (Lipinski definition) is 1. The molecule has 0 aromatic carbocycles. The van der Waals surface area contributed by atoms with Crippen molar-refractivity contribution in [3.05, 3.63) is 29.6 Å². The van der Waals surface area contributed by atoms with Crippen LogP contribution in [0.1, 0.15) is 12.1 Å². The molecule has 0 amide bonds. The van der Waals surface area contributed by atoms with Gasteiger partial charge in [0.15, 0.2) is 0 Å². The second kappa shape index (κ2) is 4.00. The maximum atomic E-state index is 8.57. The van der Waals surface area contributed by atoms with Crippen LogP contribution < -0.4 is 0 Å². The summed E-state index contributed by atoms with van der Waals surface area (Å²) in [6.07, 6.45) is 3.60. The van der Waals surface area contributed by atoms with Crippen molar-refractivity contribution in [2.45, 2.75) is 6.42 Å². The van der Waals surface area contributed by atoms with Crippen LogP contribution in [0.3, 0.4) is 0 Å². The minimum Gasteiger partial charge on any atom is -0.362 e. The first-order valence-corrected chi connectivity index (χ1v) is 3.48. The summed E-state index contributed by atoms with van der Waals surface area (Å²) < 4.78 is 0. The first-order valence-electron chi connectivity index (χ1n) is 3.48. The SMILES string of the molecule is N#CC/C(C#N)=C\c1ccc[nH]1. The Morgan fingerprint density at radius 1 is 1.58 bits per heavy atom. The molecule has 0 radical (unpaired) electrons. The van der Waals surface area contributed by atoms with Crippen molar-refractivity contribution in [3.8, 4) is 12.1 Å². The van der Waals surface area contributed by atoms with E-state index in [0.717, 1.165) is 5.69 Å². The zero-order chi connectivity index (χ0) is 8.81. The second-order valence-corrected chi connectivity index (χ2v) is 2.24. The molecule has 58 valence electrons. The molecule has 0 aliphatic rings. The summed E-state index contributed by atoms with van der Waals surface area (Å²) in [5, 5.41) is 16.9. The quantitative estimate of drug-likeness (QED) is 0.665. The summed E-state index contributed by atoms with van der Waals surface area (Å²) in [6, 6.07) is 7.57. The molecule has 0 fully saturated rings. The number of hydrogen-bond acceptors (Lipinski definition) is 2. The van der Waals surface area contributed by atoms with E-state index in [2.05, 4.69) is 4.98 Å². The molecular weight excluding hydrogens is 150 g/mol. The molecule has 0 bridgehead atoms. The topological polar surface area (TPSA) is 63.4 Å². The molecule has 3 heteroatoms. The van der Waals surface area contributed by atoms with Gasteiger partial charge >= 0.3 is 0 Å². The van der Waals surface area contributed by atoms with Crippen molar-refractivity contribution in [2.75, 3.05) is 0 Å². The highest BCUT2D eigenvalue weighted by molar-refractivity contribution is 5.54. The van der Waals surface area contributed by atoms with Gasteiger partial charge in [0.05, 0.1) is 18.6 Å². The first-order chi connectivity index (χ1) is 5.86. The maximum Gasteiger partial charge on any atom is 0.0958 e. The van der Waals surface area contributed by atoms with Crippen molar-refractivity contribution in [2.24, 2.45) is 0 Å². The van der Waals surface area contributed by atoms with Crippen molar-refractivity contribution < 1.29 is 0 Å². The summed E-state index contributed by atoms with van der Waals surface area (Å²) in [7, 11) is 0. The van der Waals surface area contributed by atoms with E-state index < -0.39 is 0 Å². The molecule has 0 spiro atoms. The van der Waals surface area contributed by atoms with Crippen LogP contribution in [0.25, 0.3) is 6.08 Å². The largest absolute Gasteiger partial charge is 0.362 e. The van der Waals surface area contributed by atoms with E-state index in [0.29, 0.717) is 5.57 Å². The Hall–Kier alpha value is -2.00. The van der Waals surface area contributed by atoms with Crippen LogP contribution >= 0.6 is 0 Å². The van der Waals surface area contributed by atoms with E-state index in [1.165, 1.54) is 0 Å². The third-order valence-corrected chi connectivity index (χ3v) is 1.36. The highest BCUT2D eigenvalue weighted by atomic mass is 14.7. The molecule has 0 saturated carbocycles. The predicted octanol–water partition coefficient (Wildman–Crippen LogP) is 1.84. The molecule has 1 aromatic rings. The number of nitriles is 2. The van der Waals surface area contributed by atoms with Crippen molar-refractivity contribution in [3.63, 3.8) is 0 Å². The van der Waals surface area contributed by atoms with Crippen molar-refractivity contribution >= 4 is 6.08 Å². The fourth-order valence-electron chi connectivity index (χ4n) is 0.830. The van der Waals surface area contributed by atoms with E-state index in [1.807, 2.05) is 24.3 Å². The second-order valence-electron chi connectivity index (χ2n) is 2.24. The average molecular weight is 157 g/mol. The number of rotatable bonds is 2. The van der Waals surface area contributed by atoms with Gasteiger partial charge in [-0.3, -0.25) is 0 Å². The van der Waals surface area contributed by atoms with Crippen LogP contribution in [-0.4, -0.2) is 4.98 Å². The Bertz CT molecular complexity index is 346. The number of aromatic nitrogens is 1. The molecule has 3 nitrogen and oxygen atoms in total. The lowest BCUT2D eigenvalue weighted by Gasteiger charge is -1.87. The van der Waals surface area contributed by atoms with E-state index in [4.69, 9.17) is 10.5 Å². The smallest absolute Gasteiger partial charge is 0.0958 e. The number of H-pyrrole nitrogens is 1. The van der Waals surface area contributed by atoms with Crippen LogP contribution in [0.15, 0.2) is 23.9 Å². The molecule has 1 rings (SSSR count). The van der Waals surface area contributed by atoms with Gasteiger partial charge in [-0.2, -0.15) is 10.5 Å². The lowest BCUT2D eigenvalue weighted by molar-refractivity contribution is 1.27. The highest BCUT2D eigenvalue weighted by Crippen LogP contribution is 2.05. The Kier molecular flexibility index (Phi) is 2.70. The van der Waals surface area contributed by atoms with Gasteiger partial charge in [-0.05, 0) is 18.2 Å². The lowest BCUT2D eigenvalue weighted by Crippen LogP contribution is -1.77. The zero-order valence-electron chi connectivity index (χ0n) is 6.41. The van der Waals surface area contributed by atoms with E-state index in [-0.39, 0.29) is 6.42 Å². The van der Waals surface area contributed by atoms with Crippen LogP contribution in [0, 0.1) is 22.7 Å². The fraction of sp³-hybridized carbons (Fsp3) is 0.111. The summed E-state index contributed by atoms with van der Waals surface area (Å²) in [6.45, 7) is 0. The third kappa shape index (κ3) is 2.00. The fourth-order valence-corrected chi connectivity index (χ4v) is 0.830. The van der Waals surface area contributed by atoms with Crippen LogP contribution in [0.4, 0.5) is 0 Å². The number of aromatic amines is 1. The van der Waals surface area contributed by atoms with E-state index in [1.54, 1.807) is 12.3 Å². The molecule has 0 saturated heterocycles. The van der Waals surface area contributed by atoms with Crippen LogP contribution in [-0.2, 0) is 0 Å². The molecule has 1 aromatic heterocycles. The lowest BCUT2D eigenvalue weighted by atomic mass is 10.2. The Balaban J connectivity index is 2.81. The summed E-state index contributed by atoms with van der Waals surface area (Å²) in [4.78, 5) is 2.92. The average Bonchev–Trinajstić information content (AvgIpc) is 2.56. The third-order valence-electron chi connectivity index (χ3n) is 1.36. The molecular formula is C9H7N3. The first kappa shape index (κ1) is 8.10. The number of allylic oxidation sites excluding steroid dienone is 1. The van der Waals surface area contributed by atoms with Gasteiger partial charge in [0, 0.05) is 17.5 Å². The Morgan fingerprint density at radius 3 is 2.92 bits per heavy atom. The van der Waals surface area contributed by atoms with Gasteiger partial charge in [-0.15, -0.1) is 0 Å².